The first-order chi connectivity index (χ1) is 13.9. The lowest BCUT2D eigenvalue weighted by Crippen LogP contribution is -2.18. The Hall–Kier alpha value is -2.82. The van der Waals surface area contributed by atoms with Crippen LogP contribution in [0.25, 0.3) is 11.0 Å². The second-order valence-electron chi connectivity index (χ2n) is 6.07. The number of aryl methyl sites for hydroxylation is 1. The van der Waals surface area contributed by atoms with Gasteiger partial charge in [-0.2, -0.15) is 0 Å². The first-order valence-corrected chi connectivity index (χ1v) is 9.63. The summed E-state index contributed by atoms with van der Waals surface area (Å²) in [5.74, 6) is -2.52. The Morgan fingerprint density at radius 1 is 1.24 bits per heavy atom. The van der Waals surface area contributed by atoms with Gasteiger partial charge in [-0.25, -0.2) is 23.5 Å². The number of nitrogens with one attached hydrogen (secondary N) is 1. The monoisotopic (exact) mass is 420 g/mol. The first-order valence-electron chi connectivity index (χ1n) is 8.56. The van der Waals surface area contributed by atoms with Gasteiger partial charge < -0.3 is 9.29 Å². The Morgan fingerprint density at radius 2 is 2.03 bits per heavy atom. The smallest absolute Gasteiger partial charge is 0.232 e. The number of carbonyl (C=O) groups is 1. The van der Waals surface area contributed by atoms with E-state index in [1.165, 1.54) is 37.6 Å². The SMILES string of the molecule is COc1cnc2ccc(C(=O)c3c(F)ccc(CCCNS(=O)[O-])c3F)cc2n1. The number of hydrogen-bond acceptors (Lipinski definition) is 6. The molecular weight excluding hydrogens is 404 g/mol. The van der Waals surface area contributed by atoms with Crippen molar-refractivity contribution in [3.63, 3.8) is 0 Å². The van der Waals surface area contributed by atoms with Crippen LogP contribution < -0.4 is 9.46 Å². The van der Waals surface area contributed by atoms with Crippen molar-refractivity contribution >= 4 is 28.1 Å². The van der Waals surface area contributed by atoms with E-state index in [2.05, 4.69) is 14.7 Å². The Bertz CT molecular complexity index is 1090. The van der Waals surface area contributed by atoms with Crippen molar-refractivity contribution in [2.24, 2.45) is 0 Å². The third-order valence-electron chi connectivity index (χ3n) is 4.23. The average molecular weight is 420 g/mol. The molecule has 2 aromatic carbocycles. The van der Waals surface area contributed by atoms with Crippen LogP contribution in [-0.2, 0) is 17.7 Å². The van der Waals surface area contributed by atoms with Crippen molar-refractivity contribution in [1.29, 1.82) is 0 Å². The molecule has 0 saturated heterocycles. The van der Waals surface area contributed by atoms with Gasteiger partial charge in [0, 0.05) is 23.4 Å². The van der Waals surface area contributed by atoms with Gasteiger partial charge in [-0.05, 0) is 42.7 Å². The zero-order chi connectivity index (χ0) is 21.0. The van der Waals surface area contributed by atoms with Gasteiger partial charge in [0.2, 0.25) is 5.88 Å². The van der Waals surface area contributed by atoms with Crippen LogP contribution in [0.1, 0.15) is 27.9 Å². The first kappa shape index (κ1) is 20.9. The number of halogens is 2. The van der Waals surface area contributed by atoms with Crippen LogP contribution in [0, 0.1) is 11.6 Å². The molecule has 0 aliphatic carbocycles. The lowest BCUT2D eigenvalue weighted by atomic mass is 9.97. The number of nitrogens with zero attached hydrogens (tertiary/aromatic N) is 2. The van der Waals surface area contributed by atoms with Crippen molar-refractivity contribution in [2.45, 2.75) is 12.8 Å². The van der Waals surface area contributed by atoms with E-state index in [9.17, 15) is 22.3 Å². The summed E-state index contributed by atoms with van der Waals surface area (Å²) in [4.78, 5) is 21.1. The summed E-state index contributed by atoms with van der Waals surface area (Å²) < 4.78 is 57.2. The van der Waals surface area contributed by atoms with Gasteiger partial charge in [0.1, 0.15) is 11.6 Å². The Labute approximate surface area is 167 Å². The van der Waals surface area contributed by atoms with Crippen molar-refractivity contribution in [3.05, 3.63) is 64.9 Å². The second kappa shape index (κ2) is 9.12. The third kappa shape index (κ3) is 4.78. The number of rotatable bonds is 8. The molecule has 7 nitrogen and oxygen atoms in total. The number of methoxy groups -OCH3 is 1. The van der Waals surface area contributed by atoms with Crippen LogP contribution in [0.4, 0.5) is 8.78 Å². The molecule has 0 aliphatic rings. The molecule has 0 saturated carbocycles. The molecular formula is C19H16F2N3O4S-. The van der Waals surface area contributed by atoms with Gasteiger partial charge in [0.05, 0.1) is 29.9 Å². The summed E-state index contributed by atoms with van der Waals surface area (Å²) >= 11 is -2.41. The van der Waals surface area contributed by atoms with E-state index >= 15 is 0 Å². The predicted octanol–water partition coefficient (Wildman–Crippen LogP) is 2.46. The van der Waals surface area contributed by atoms with E-state index in [-0.39, 0.29) is 36.4 Å². The molecule has 29 heavy (non-hydrogen) atoms. The quantitative estimate of drug-likeness (QED) is 0.341. The fourth-order valence-corrected chi connectivity index (χ4v) is 3.12. The molecule has 10 heteroatoms. The van der Waals surface area contributed by atoms with Crippen LogP contribution in [0.5, 0.6) is 5.88 Å². The van der Waals surface area contributed by atoms with Crippen molar-refractivity contribution in [3.8, 4) is 5.88 Å². The number of carbonyl (C=O) groups excluding carboxylic acids is 1. The topological polar surface area (TPSA) is 104 Å². The molecule has 0 radical (unpaired) electrons. The molecule has 1 atom stereocenters. The molecule has 0 spiro atoms. The molecule has 0 fully saturated rings. The lowest BCUT2D eigenvalue weighted by molar-refractivity contribution is 0.103. The molecule has 1 aromatic heterocycles. The number of fused-ring (bicyclic) bond motifs is 1. The molecule has 152 valence electrons. The maximum Gasteiger partial charge on any atom is 0.232 e. The van der Waals surface area contributed by atoms with Crippen LogP contribution in [0.2, 0.25) is 0 Å². The van der Waals surface area contributed by atoms with Gasteiger partial charge in [0.15, 0.2) is 5.78 Å². The van der Waals surface area contributed by atoms with E-state index in [0.717, 1.165) is 6.07 Å². The lowest BCUT2D eigenvalue weighted by Gasteiger charge is -2.11. The van der Waals surface area contributed by atoms with Gasteiger partial charge in [-0.3, -0.25) is 9.00 Å². The molecule has 0 bridgehead atoms. The van der Waals surface area contributed by atoms with E-state index in [4.69, 9.17) is 4.74 Å². The van der Waals surface area contributed by atoms with Crippen molar-refractivity contribution in [1.82, 2.24) is 14.7 Å². The van der Waals surface area contributed by atoms with Crippen LogP contribution >= 0.6 is 0 Å². The largest absolute Gasteiger partial charge is 0.760 e. The van der Waals surface area contributed by atoms with Gasteiger partial charge in [-0.1, -0.05) is 6.07 Å². The summed E-state index contributed by atoms with van der Waals surface area (Å²) in [7, 11) is 1.42. The third-order valence-corrected chi connectivity index (χ3v) is 4.67. The zero-order valence-electron chi connectivity index (χ0n) is 15.3. The number of ether oxygens (including phenoxy) is 1. The van der Waals surface area contributed by atoms with Crippen LogP contribution in [-0.4, -0.2) is 38.2 Å². The number of benzene rings is 2. The van der Waals surface area contributed by atoms with E-state index < -0.39 is 34.2 Å². The van der Waals surface area contributed by atoms with Gasteiger partial charge in [0.25, 0.3) is 0 Å². The van der Waals surface area contributed by atoms with Crippen LogP contribution in [0.15, 0.2) is 36.5 Å². The second-order valence-corrected chi connectivity index (χ2v) is 6.83. The van der Waals surface area contributed by atoms with E-state index in [1.807, 2.05) is 0 Å². The van der Waals surface area contributed by atoms with Crippen molar-refractivity contribution < 1.29 is 27.1 Å². The maximum absolute atomic E-state index is 14.8. The van der Waals surface area contributed by atoms with Gasteiger partial charge >= 0.3 is 0 Å². The fourth-order valence-electron chi connectivity index (χ4n) is 2.81. The summed E-state index contributed by atoms with van der Waals surface area (Å²) in [5.41, 5.74) is 0.358. The minimum atomic E-state index is -2.41. The highest BCUT2D eigenvalue weighted by molar-refractivity contribution is 7.77. The van der Waals surface area contributed by atoms with Gasteiger partial charge in [-0.15, -0.1) is 0 Å². The molecule has 1 heterocycles. The minimum absolute atomic E-state index is 0.0541. The molecule has 0 amide bonds. The standard InChI is InChI=1S/C19H17F2N3O4S/c1-28-16-10-22-14-7-5-12(9-15(14)24-16)19(25)17-13(20)6-4-11(18(17)21)3-2-8-23-29(26)27/h4-7,9-10,23H,2-3,8H2,1H3,(H,26,27)/p-1. The average Bonchev–Trinajstić information content (AvgIpc) is 2.71. The number of aromatic nitrogens is 2. The highest BCUT2D eigenvalue weighted by Crippen LogP contribution is 2.23. The number of hydrogen-bond donors (Lipinski definition) is 1. The summed E-state index contributed by atoms with van der Waals surface area (Å²) in [6, 6.07) is 6.61. The molecule has 3 rings (SSSR count). The summed E-state index contributed by atoms with van der Waals surface area (Å²) in [6.45, 7) is 0.0986. The highest BCUT2D eigenvalue weighted by Gasteiger charge is 2.22. The summed E-state index contributed by atoms with van der Waals surface area (Å²) in [6.07, 6.45) is 1.84. The highest BCUT2D eigenvalue weighted by atomic mass is 32.2. The molecule has 0 aliphatic heterocycles. The Kier molecular flexibility index (Phi) is 6.57. The van der Waals surface area contributed by atoms with E-state index in [0.29, 0.717) is 11.0 Å². The number of ketones is 1. The molecule has 1 N–H and O–H groups in total. The summed E-state index contributed by atoms with van der Waals surface area (Å²) in [5, 5.41) is 0. The maximum atomic E-state index is 14.8. The van der Waals surface area contributed by atoms with Crippen LogP contribution in [0.3, 0.4) is 0 Å². The Balaban J connectivity index is 1.91. The Morgan fingerprint density at radius 3 is 2.76 bits per heavy atom. The minimum Gasteiger partial charge on any atom is -0.760 e. The fraction of sp³-hybridized carbons (Fsp3) is 0.211. The predicted molar refractivity (Wildman–Crippen MR) is 101 cm³/mol. The van der Waals surface area contributed by atoms with Crippen molar-refractivity contribution in [2.75, 3.05) is 13.7 Å². The van der Waals surface area contributed by atoms with E-state index in [1.54, 1.807) is 0 Å². The molecule has 3 aromatic rings. The normalized spacial score (nSPS) is 12.1. The zero-order valence-corrected chi connectivity index (χ0v) is 16.1. The molecule has 1 unspecified atom stereocenters.